The molecule has 0 saturated carbocycles. The molecule has 0 fully saturated rings. The maximum atomic E-state index is 13.0. The van der Waals surface area contributed by atoms with Crippen molar-refractivity contribution in [1.29, 1.82) is 0 Å². The molecule has 0 unspecified atom stereocenters. The highest BCUT2D eigenvalue weighted by atomic mass is 127. The first kappa shape index (κ1) is 12.5. The second kappa shape index (κ2) is 5.14. The molecule has 0 radical (unpaired) electrons. The Morgan fingerprint density at radius 1 is 1.12 bits per heavy atom. The molecule has 0 spiro atoms. The van der Waals surface area contributed by atoms with Crippen LogP contribution in [0.25, 0.3) is 0 Å². The van der Waals surface area contributed by atoms with Gasteiger partial charge in [-0.15, -0.1) is 0 Å². The quantitative estimate of drug-likeness (QED) is 0.576. The molecule has 0 aliphatic rings. The van der Waals surface area contributed by atoms with Gasteiger partial charge in [0.1, 0.15) is 5.82 Å². The van der Waals surface area contributed by atoms with Gasteiger partial charge >= 0.3 is 0 Å². The minimum Gasteiger partial charge on any atom is -0.289 e. The van der Waals surface area contributed by atoms with Crippen molar-refractivity contribution < 1.29 is 9.18 Å². The summed E-state index contributed by atoms with van der Waals surface area (Å²) in [6, 6.07) is 10.6. The van der Waals surface area contributed by atoms with Crippen LogP contribution in [0.15, 0.2) is 42.5 Å². The molecule has 0 aromatic heterocycles. The number of rotatable bonds is 2. The smallest absolute Gasteiger partial charge is 0.193 e. The van der Waals surface area contributed by atoms with Crippen molar-refractivity contribution in [2.45, 2.75) is 0 Å². The van der Waals surface area contributed by atoms with Crippen LogP contribution < -0.4 is 0 Å². The largest absolute Gasteiger partial charge is 0.289 e. The summed E-state index contributed by atoms with van der Waals surface area (Å²) >= 11 is 8.02. The zero-order valence-electron chi connectivity index (χ0n) is 8.58. The van der Waals surface area contributed by atoms with E-state index >= 15 is 0 Å². The van der Waals surface area contributed by atoms with Crippen molar-refractivity contribution in [2.24, 2.45) is 0 Å². The van der Waals surface area contributed by atoms with E-state index in [9.17, 15) is 9.18 Å². The predicted molar refractivity (Wildman–Crippen MR) is 74.0 cm³/mol. The van der Waals surface area contributed by atoms with Crippen LogP contribution in [0.4, 0.5) is 4.39 Å². The molecule has 0 saturated heterocycles. The number of halogens is 3. The molecule has 0 aliphatic heterocycles. The van der Waals surface area contributed by atoms with E-state index in [4.69, 9.17) is 11.6 Å². The Morgan fingerprint density at radius 2 is 1.82 bits per heavy atom. The minimum atomic E-state index is -0.424. The van der Waals surface area contributed by atoms with Crippen molar-refractivity contribution >= 4 is 40.0 Å². The number of benzene rings is 2. The Hall–Kier alpha value is -0.940. The standard InChI is InChI=1S/C13H7ClFIO/c14-11-7-9(4-5-12(11)16)13(17)8-2-1-3-10(15)6-8/h1-7H. The van der Waals surface area contributed by atoms with Crippen LogP contribution in [0.3, 0.4) is 0 Å². The third-order valence-electron chi connectivity index (χ3n) is 2.27. The first-order valence-corrected chi connectivity index (χ1v) is 6.29. The summed E-state index contributed by atoms with van der Waals surface area (Å²) in [4.78, 5) is 12.0. The molecular formula is C13H7ClFIO. The van der Waals surface area contributed by atoms with Crippen LogP contribution in [0, 0.1) is 9.39 Å². The lowest BCUT2D eigenvalue weighted by molar-refractivity contribution is 0.103. The molecule has 1 nitrogen and oxygen atoms in total. The van der Waals surface area contributed by atoms with Crippen LogP contribution in [-0.4, -0.2) is 5.78 Å². The summed E-state index contributed by atoms with van der Waals surface area (Å²) in [5.41, 5.74) is 0.781. The van der Waals surface area contributed by atoms with E-state index < -0.39 is 5.82 Å². The highest BCUT2D eigenvalue weighted by Gasteiger charge is 2.11. The summed E-state index contributed by atoms with van der Waals surface area (Å²) in [6.45, 7) is 0. The number of hydrogen-bond donors (Lipinski definition) is 0. The van der Waals surface area contributed by atoms with Gasteiger partial charge in [-0.05, 0) is 52.9 Å². The fourth-order valence-electron chi connectivity index (χ4n) is 1.43. The third kappa shape index (κ3) is 2.84. The zero-order valence-corrected chi connectivity index (χ0v) is 11.5. The molecule has 17 heavy (non-hydrogen) atoms. The molecule has 0 bridgehead atoms. The molecule has 0 amide bonds. The van der Waals surface area contributed by atoms with Gasteiger partial charge in [0, 0.05) is 14.7 Å². The lowest BCUT2D eigenvalue weighted by Gasteiger charge is -2.03. The van der Waals surface area contributed by atoms with Crippen LogP contribution in [0.5, 0.6) is 0 Å². The highest BCUT2D eigenvalue weighted by molar-refractivity contribution is 14.1. The van der Waals surface area contributed by atoms with Crippen molar-refractivity contribution in [3.8, 4) is 0 Å². The fourth-order valence-corrected chi connectivity index (χ4v) is 1.95. The Kier molecular flexibility index (Phi) is 3.79. The Labute approximate surface area is 117 Å². The lowest BCUT2D eigenvalue weighted by Crippen LogP contribution is -2.01. The maximum Gasteiger partial charge on any atom is 0.193 e. The van der Waals surface area contributed by atoms with Crippen LogP contribution in [0.2, 0.25) is 5.02 Å². The molecule has 0 aliphatic carbocycles. The zero-order chi connectivity index (χ0) is 12.4. The lowest BCUT2D eigenvalue weighted by atomic mass is 10.0. The van der Waals surface area contributed by atoms with E-state index in [0.29, 0.717) is 16.1 Å². The van der Waals surface area contributed by atoms with Gasteiger partial charge in [-0.2, -0.15) is 0 Å². The van der Waals surface area contributed by atoms with E-state index in [1.807, 2.05) is 0 Å². The van der Waals surface area contributed by atoms with Crippen LogP contribution in [-0.2, 0) is 0 Å². The summed E-state index contributed by atoms with van der Waals surface area (Å²) in [6.07, 6.45) is 0. The molecule has 0 atom stereocenters. The predicted octanol–water partition coefficient (Wildman–Crippen LogP) is 4.31. The Morgan fingerprint density at radius 3 is 2.47 bits per heavy atom. The van der Waals surface area contributed by atoms with Crippen molar-refractivity contribution in [3.63, 3.8) is 0 Å². The second-order valence-electron chi connectivity index (χ2n) is 3.47. The van der Waals surface area contributed by atoms with Crippen molar-refractivity contribution in [3.05, 3.63) is 68.0 Å². The van der Waals surface area contributed by atoms with Crippen LogP contribution >= 0.6 is 34.2 Å². The number of ketones is 1. The normalized spacial score (nSPS) is 10.3. The molecule has 4 heteroatoms. The Balaban J connectivity index is 2.40. The summed E-state index contributed by atoms with van der Waals surface area (Å²) < 4.78 is 13.9. The Bertz CT molecular complexity index is 583. The van der Waals surface area contributed by atoms with Crippen molar-refractivity contribution in [2.75, 3.05) is 0 Å². The molecular weight excluding hydrogens is 353 g/mol. The second-order valence-corrected chi connectivity index (χ2v) is 5.04. The van der Waals surface area contributed by atoms with Crippen LogP contribution in [0.1, 0.15) is 15.9 Å². The van der Waals surface area contributed by atoms with Gasteiger partial charge in [0.2, 0.25) is 0 Å². The van der Waals surface area contributed by atoms with Crippen molar-refractivity contribution in [1.82, 2.24) is 0 Å². The molecule has 2 rings (SSSR count). The minimum absolute atomic E-state index is 0.234. The molecule has 86 valence electrons. The fraction of sp³-hybridized carbons (Fsp3) is 0. The monoisotopic (exact) mass is 360 g/mol. The molecule has 0 heterocycles. The topological polar surface area (TPSA) is 17.1 Å². The highest BCUT2D eigenvalue weighted by Crippen LogP contribution is 2.21. The average molecular weight is 361 g/mol. The van der Waals surface area contributed by atoms with Gasteiger partial charge in [-0.1, -0.05) is 23.7 Å². The first-order chi connectivity index (χ1) is 8.08. The van der Waals surface area contributed by atoms with Gasteiger partial charge in [-0.3, -0.25) is 4.79 Å². The van der Waals surface area contributed by atoms with Gasteiger partial charge < -0.3 is 0 Å². The number of carbonyl (C=O) groups excluding carboxylic acids is 1. The van der Waals surface area contributed by atoms with E-state index in [0.717, 1.165) is 3.57 Å². The third-order valence-corrected chi connectivity index (χ3v) is 3.84. The molecule has 0 N–H and O–H groups in total. The van der Waals surface area contributed by atoms with E-state index in [-0.39, 0.29) is 5.78 Å². The first-order valence-electron chi connectivity index (χ1n) is 4.83. The SMILES string of the molecule is O=C(c1cccc(F)c1)c1ccc(I)c(Cl)c1. The van der Waals surface area contributed by atoms with Gasteiger partial charge in [0.25, 0.3) is 0 Å². The van der Waals surface area contributed by atoms with E-state index in [1.165, 1.54) is 18.2 Å². The maximum absolute atomic E-state index is 13.0. The number of hydrogen-bond acceptors (Lipinski definition) is 1. The molecule has 2 aromatic carbocycles. The van der Waals surface area contributed by atoms with E-state index in [1.54, 1.807) is 24.3 Å². The summed E-state index contributed by atoms with van der Waals surface area (Å²) in [7, 11) is 0. The van der Waals surface area contributed by atoms with Gasteiger partial charge in [0.05, 0.1) is 5.02 Å². The number of carbonyl (C=O) groups is 1. The molecule has 2 aromatic rings. The average Bonchev–Trinajstić information content (AvgIpc) is 2.32. The van der Waals surface area contributed by atoms with Gasteiger partial charge in [-0.25, -0.2) is 4.39 Å². The van der Waals surface area contributed by atoms with E-state index in [2.05, 4.69) is 22.6 Å². The van der Waals surface area contributed by atoms with Gasteiger partial charge in [0.15, 0.2) is 5.78 Å². The summed E-state index contributed by atoms with van der Waals surface area (Å²) in [5, 5.41) is 0.521. The summed E-state index contributed by atoms with van der Waals surface area (Å²) in [5.74, 6) is -0.657.